The normalized spacial score (nSPS) is 11.9. The molecule has 0 aliphatic rings. The van der Waals surface area contributed by atoms with Crippen LogP contribution in [0.2, 0.25) is 5.02 Å². The summed E-state index contributed by atoms with van der Waals surface area (Å²) < 4.78 is 5.31. The Balaban J connectivity index is 2.14. The number of esters is 1. The number of unbranched alkanes of at least 4 members (excludes halogenated alkanes) is 1. The van der Waals surface area contributed by atoms with Crippen molar-refractivity contribution >= 4 is 28.7 Å². The van der Waals surface area contributed by atoms with Crippen molar-refractivity contribution in [2.24, 2.45) is 0 Å². The molecule has 30 heavy (non-hydrogen) atoms. The van der Waals surface area contributed by atoms with E-state index >= 15 is 0 Å². The lowest BCUT2D eigenvalue weighted by Gasteiger charge is -2.15. The molecule has 0 saturated heterocycles. The van der Waals surface area contributed by atoms with E-state index in [0.29, 0.717) is 11.6 Å². The lowest BCUT2D eigenvalue weighted by atomic mass is 9.89. The molecule has 0 fully saturated rings. The molecule has 0 atom stereocenters. The highest BCUT2D eigenvalue weighted by Crippen LogP contribution is 2.33. The molecule has 0 N–H and O–H groups in total. The van der Waals surface area contributed by atoms with Gasteiger partial charge in [-0.1, -0.05) is 97.7 Å². The standard InChI is InChI=1S/C27H25ClO2/c1-2-3-20-30-26(29)19-18-25(21-10-6-4-7-11-21)27(22-12-8-5-9-13-22)23-14-16-24(28)17-15-23/h4-19H,2-3,20H2,1H3/b19-18+,27-25-. The van der Waals surface area contributed by atoms with Crippen molar-refractivity contribution in [3.8, 4) is 0 Å². The molecule has 3 heteroatoms. The van der Waals surface area contributed by atoms with Crippen molar-refractivity contribution < 1.29 is 9.53 Å². The molecule has 0 aliphatic heterocycles. The van der Waals surface area contributed by atoms with Gasteiger partial charge in [0.05, 0.1) is 6.61 Å². The molecule has 3 rings (SSSR count). The summed E-state index contributed by atoms with van der Waals surface area (Å²) in [6.07, 6.45) is 5.21. The molecule has 0 aromatic heterocycles. The first-order valence-corrected chi connectivity index (χ1v) is 10.5. The minimum absolute atomic E-state index is 0.333. The van der Waals surface area contributed by atoms with Crippen molar-refractivity contribution in [3.63, 3.8) is 0 Å². The number of hydrogen-bond donors (Lipinski definition) is 0. The average molecular weight is 417 g/mol. The number of carbonyl (C=O) groups excluding carboxylic acids is 1. The Labute approximate surface area is 183 Å². The van der Waals surface area contributed by atoms with Gasteiger partial charge in [0.1, 0.15) is 0 Å². The van der Waals surface area contributed by atoms with Crippen molar-refractivity contribution in [2.45, 2.75) is 19.8 Å². The maximum absolute atomic E-state index is 12.2. The first-order chi connectivity index (χ1) is 14.7. The molecule has 0 bridgehead atoms. The van der Waals surface area contributed by atoms with Crippen LogP contribution in [0.3, 0.4) is 0 Å². The Hall–Kier alpha value is -3.10. The second kappa shape index (κ2) is 11.2. The number of allylic oxidation sites excluding steroid dienone is 2. The second-order valence-electron chi connectivity index (χ2n) is 6.88. The smallest absolute Gasteiger partial charge is 0.330 e. The number of halogens is 1. The van der Waals surface area contributed by atoms with Gasteiger partial charge in [0.15, 0.2) is 0 Å². The Morgan fingerprint density at radius 3 is 1.97 bits per heavy atom. The molecule has 3 aromatic carbocycles. The van der Waals surface area contributed by atoms with Crippen LogP contribution in [0.15, 0.2) is 97.1 Å². The third kappa shape index (κ3) is 5.95. The molecule has 2 nitrogen and oxygen atoms in total. The second-order valence-corrected chi connectivity index (χ2v) is 7.32. The topological polar surface area (TPSA) is 26.3 Å². The number of ether oxygens (including phenoxy) is 1. The van der Waals surface area contributed by atoms with Crippen LogP contribution in [-0.2, 0) is 9.53 Å². The Bertz CT molecular complexity index is 1000. The van der Waals surface area contributed by atoms with E-state index in [1.165, 1.54) is 6.08 Å². The first kappa shape index (κ1) is 21.6. The molecular weight excluding hydrogens is 392 g/mol. The zero-order valence-electron chi connectivity index (χ0n) is 17.1. The fourth-order valence-electron chi connectivity index (χ4n) is 3.16. The van der Waals surface area contributed by atoms with E-state index in [1.54, 1.807) is 0 Å². The summed E-state index contributed by atoms with van der Waals surface area (Å²) in [6.45, 7) is 2.50. The van der Waals surface area contributed by atoms with Crippen molar-refractivity contribution in [2.75, 3.05) is 6.61 Å². The summed E-state index contributed by atoms with van der Waals surface area (Å²) >= 11 is 6.13. The number of carbonyl (C=O) groups is 1. The number of hydrogen-bond acceptors (Lipinski definition) is 2. The fraction of sp³-hybridized carbons (Fsp3) is 0.148. The largest absolute Gasteiger partial charge is 0.463 e. The summed E-state index contributed by atoms with van der Waals surface area (Å²) in [5.41, 5.74) is 5.06. The molecule has 0 amide bonds. The van der Waals surface area contributed by atoms with E-state index < -0.39 is 0 Å². The monoisotopic (exact) mass is 416 g/mol. The first-order valence-electron chi connectivity index (χ1n) is 10.1. The van der Waals surface area contributed by atoms with Gasteiger partial charge in [-0.15, -0.1) is 0 Å². The van der Waals surface area contributed by atoms with Crippen LogP contribution < -0.4 is 0 Å². The van der Waals surface area contributed by atoms with Crippen LogP contribution in [0.4, 0.5) is 0 Å². The molecule has 0 aliphatic carbocycles. The molecule has 3 aromatic rings. The SMILES string of the molecule is CCCCOC(=O)/C=C/C(=C(\c1ccccc1)c1ccc(Cl)cc1)c1ccccc1. The highest BCUT2D eigenvalue weighted by molar-refractivity contribution is 6.30. The average Bonchev–Trinajstić information content (AvgIpc) is 2.79. The predicted octanol–water partition coefficient (Wildman–Crippen LogP) is 7.20. The van der Waals surface area contributed by atoms with Crippen molar-refractivity contribution in [1.82, 2.24) is 0 Å². The van der Waals surface area contributed by atoms with Crippen LogP contribution in [0, 0.1) is 0 Å². The van der Waals surface area contributed by atoms with E-state index in [-0.39, 0.29) is 5.97 Å². The summed E-state index contributed by atoms with van der Waals surface area (Å²) in [5.74, 6) is -0.333. The van der Waals surface area contributed by atoms with Gasteiger partial charge in [-0.2, -0.15) is 0 Å². The quantitative estimate of drug-likeness (QED) is 0.127. The zero-order chi connectivity index (χ0) is 21.2. The van der Waals surface area contributed by atoms with E-state index in [4.69, 9.17) is 16.3 Å². The minimum atomic E-state index is -0.333. The Kier molecular flexibility index (Phi) is 8.05. The van der Waals surface area contributed by atoms with Gasteiger partial charge >= 0.3 is 5.97 Å². The van der Waals surface area contributed by atoms with Crippen LogP contribution in [0.5, 0.6) is 0 Å². The van der Waals surface area contributed by atoms with Gasteiger partial charge in [0.2, 0.25) is 0 Å². The molecule has 152 valence electrons. The number of rotatable bonds is 8. The van der Waals surface area contributed by atoms with E-state index in [1.807, 2.05) is 78.9 Å². The summed E-state index contributed by atoms with van der Waals surface area (Å²) in [7, 11) is 0. The van der Waals surface area contributed by atoms with E-state index in [9.17, 15) is 4.79 Å². The Morgan fingerprint density at radius 2 is 1.37 bits per heavy atom. The summed E-state index contributed by atoms with van der Waals surface area (Å²) in [4.78, 5) is 12.2. The molecule has 0 saturated carbocycles. The highest BCUT2D eigenvalue weighted by atomic mass is 35.5. The third-order valence-electron chi connectivity index (χ3n) is 4.68. The number of benzene rings is 3. The van der Waals surface area contributed by atoms with Gasteiger partial charge in [-0.3, -0.25) is 0 Å². The van der Waals surface area contributed by atoms with Gasteiger partial charge in [-0.05, 0) is 52.5 Å². The summed E-state index contributed by atoms with van der Waals surface area (Å²) in [5, 5.41) is 0.683. The zero-order valence-corrected chi connectivity index (χ0v) is 17.8. The Morgan fingerprint density at radius 1 is 0.800 bits per heavy atom. The van der Waals surface area contributed by atoms with Crippen LogP contribution >= 0.6 is 11.6 Å². The van der Waals surface area contributed by atoms with Crippen LogP contribution in [-0.4, -0.2) is 12.6 Å². The molecule has 0 unspecified atom stereocenters. The van der Waals surface area contributed by atoms with Crippen LogP contribution in [0.1, 0.15) is 36.5 Å². The van der Waals surface area contributed by atoms with E-state index in [2.05, 4.69) is 19.1 Å². The van der Waals surface area contributed by atoms with Gasteiger partial charge in [0.25, 0.3) is 0 Å². The maximum Gasteiger partial charge on any atom is 0.330 e. The van der Waals surface area contributed by atoms with Gasteiger partial charge in [-0.25, -0.2) is 4.79 Å². The van der Waals surface area contributed by atoms with Gasteiger partial charge in [0, 0.05) is 11.1 Å². The van der Waals surface area contributed by atoms with E-state index in [0.717, 1.165) is 40.7 Å². The predicted molar refractivity (Wildman–Crippen MR) is 125 cm³/mol. The van der Waals surface area contributed by atoms with Crippen molar-refractivity contribution in [1.29, 1.82) is 0 Å². The third-order valence-corrected chi connectivity index (χ3v) is 4.93. The lowest BCUT2D eigenvalue weighted by molar-refractivity contribution is -0.137. The molecule has 0 heterocycles. The maximum atomic E-state index is 12.2. The van der Waals surface area contributed by atoms with Crippen molar-refractivity contribution in [3.05, 3.63) is 119 Å². The fourth-order valence-corrected chi connectivity index (χ4v) is 3.28. The lowest BCUT2D eigenvalue weighted by Crippen LogP contribution is -2.02. The summed E-state index contributed by atoms with van der Waals surface area (Å²) in [6, 6.07) is 28.0. The van der Waals surface area contributed by atoms with Gasteiger partial charge < -0.3 is 4.74 Å². The van der Waals surface area contributed by atoms with Crippen LogP contribution in [0.25, 0.3) is 11.1 Å². The molecule has 0 radical (unpaired) electrons. The highest BCUT2D eigenvalue weighted by Gasteiger charge is 2.13. The molecule has 0 spiro atoms. The molecular formula is C27H25ClO2. The minimum Gasteiger partial charge on any atom is -0.463 e.